The van der Waals surface area contributed by atoms with Gasteiger partial charge in [-0.2, -0.15) is 0 Å². The molecule has 2 aromatic heterocycles. The zero-order chi connectivity index (χ0) is 19.6. The first kappa shape index (κ1) is 18.3. The molecule has 5 rings (SSSR count). The van der Waals surface area contributed by atoms with Crippen molar-refractivity contribution in [1.29, 1.82) is 0 Å². The fourth-order valence-corrected chi connectivity index (χ4v) is 4.37. The van der Waals surface area contributed by atoms with E-state index < -0.39 is 0 Å². The minimum Gasteiger partial charge on any atom is -0.351 e. The standard InChI is InChI=1S/C23H26FN5/c24-17-11-9-16(10-12-17)21-22(29(15-26-21)19-7-2-1-3-8-19)20-13-14-25-23(28-20)27-18-5-4-6-18/h9-15,18-19H,1-8H2,(H,25,27,28). The van der Waals surface area contributed by atoms with Gasteiger partial charge in [-0.3, -0.25) is 0 Å². The number of hydrogen-bond donors (Lipinski definition) is 1. The van der Waals surface area contributed by atoms with Gasteiger partial charge in [0.05, 0.1) is 23.4 Å². The smallest absolute Gasteiger partial charge is 0.223 e. The second-order valence-corrected chi connectivity index (χ2v) is 8.19. The lowest BCUT2D eigenvalue weighted by molar-refractivity contribution is 0.355. The monoisotopic (exact) mass is 391 g/mol. The number of rotatable bonds is 5. The SMILES string of the molecule is Fc1ccc(-c2ncn(C3CCCCC3)c2-c2ccnc(NC3CCC3)n2)cc1. The molecule has 5 nitrogen and oxygen atoms in total. The molecular formula is C23H26FN5. The zero-order valence-electron chi connectivity index (χ0n) is 16.5. The molecule has 6 heteroatoms. The van der Waals surface area contributed by atoms with Crippen molar-refractivity contribution in [2.75, 3.05) is 5.32 Å². The molecule has 2 saturated carbocycles. The number of aromatic nitrogens is 4. The van der Waals surface area contributed by atoms with Crippen molar-refractivity contribution in [2.45, 2.75) is 63.5 Å². The molecule has 0 unspecified atom stereocenters. The van der Waals surface area contributed by atoms with E-state index in [4.69, 9.17) is 9.97 Å². The lowest BCUT2D eigenvalue weighted by Gasteiger charge is -2.27. The maximum Gasteiger partial charge on any atom is 0.223 e. The van der Waals surface area contributed by atoms with E-state index in [2.05, 4.69) is 14.9 Å². The summed E-state index contributed by atoms with van der Waals surface area (Å²) in [5.74, 6) is 0.435. The van der Waals surface area contributed by atoms with Crippen LogP contribution < -0.4 is 5.32 Å². The van der Waals surface area contributed by atoms with Crippen molar-refractivity contribution in [3.63, 3.8) is 0 Å². The average molecular weight is 391 g/mol. The highest BCUT2D eigenvalue weighted by Crippen LogP contribution is 2.37. The summed E-state index contributed by atoms with van der Waals surface area (Å²) in [5.41, 5.74) is 3.62. The molecule has 0 spiro atoms. The van der Waals surface area contributed by atoms with Crippen molar-refractivity contribution in [2.24, 2.45) is 0 Å². The Morgan fingerprint density at radius 3 is 2.41 bits per heavy atom. The Hall–Kier alpha value is -2.76. The van der Waals surface area contributed by atoms with Gasteiger partial charge in [0.1, 0.15) is 5.82 Å². The van der Waals surface area contributed by atoms with Crippen molar-refractivity contribution in [3.8, 4) is 22.6 Å². The van der Waals surface area contributed by atoms with E-state index in [1.807, 2.05) is 18.6 Å². The Bertz CT molecular complexity index is 971. The third-order valence-corrected chi connectivity index (χ3v) is 6.22. The first-order valence-corrected chi connectivity index (χ1v) is 10.7. The first-order chi connectivity index (χ1) is 14.3. The summed E-state index contributed by atoms with van der Waals surface area (Å²) in [6, 6.07) is 9.42. The molecule has 0 radical (unpaired) electrons. The first-order valence-electron chi connectivity index (χ1n) is 10.7. The number of nitrogens with one attached hydrogen (secondary N) is 1. The van der Waals surface area contributed by atoms with Crippen LogP contribution in [0.25, 0.3) is 22.6 Å². The molecule has 0 aliphatic heterocycles. The second kappa shape index (κ2) is 7.93. The van der Waals surface area contributed by atoms with E-state index in [0.717, 1.165) is 35.5 Å². The predicted molar refractivity (Wildman–Crippen MR) is 112 cm³/mol. The van der Waals surface area contributed by atoms with Crippen LogP contribution in [0.5, 0.6) is 0 Å². The van der Waals surface area contributed by atoms with Gasteiger partial charge in [-0.15, -0.1) is 0 Å². The van der Waals surface area contributed by atoms with Crippen LogP contribution in [0.2, 0.25) is 0 Å². The summed E-state index contributed by atoms with van der Waals surface area (Å²) >= 11 is 0. The third-order valence-electron chi connectivity index (χ3n) is 6.22. The number of hydrogen-bond acceptors (Lipinski definition) is 4. The molecule has 0 bridgehead atoms. The van der Waals surface area contributed by atoms with Crippen LogP contribution >= 0.6 is 0 Å². The van der Waals surface area contributed by atoms with Gasteiger partial charge >= 0.3 is 0 Å². The molecule has 2 aliphatic rings. The molecular weight excluding hydrogens is 365 g/mol. The lowest BCUT2D eigenvalue weighted by atomic mass is 9.93. The Labute approximate surface area is 170 Å². The molecule has 2 heterocycles. The van der Waals surface area contributed by atoms with Gasteiger partial charge in [0, 0.05) is 23.8 Å². The Morgan fingerprint density at radius 2 is 1.69 bits per heavy atom. The van der Waals surface area contributed by atoms with Crippen LogP contribution in [0, 0.1) is 5.82 Å². The second-order valence-electron chi connectivity index (χ2n) is 8.19. The summed E-state index contributed by atoms with van der Waals surface area (Å²) < 4.78 is 15.8. The number of nitrogens with zero attached hydrogens (tertiary/aromatic N) is 4. The van der Waals surface area contributed by atoms with Crippen LogP contribution in [-0.2, 0) is 0 Å². The quantitative estimate of drug-likeness (QED) is 0.614. The van der Waals surface area contributed by atoms with Crippen LogP contribution in [-0.4, -0.2) is 25.6 Å². The summed E-state index contributed by atoms with van der Waals surface area (Å²) in [4.78, 5) is 14.0. The van der Waals surface area contributed by atoms with E-state index in [9.17, 15) is 4.39 Å². The maximum atomic E-state index is 13.5. The Morgan fingerprint density at radius 1 is 0.897 bits per heavy atom. The van der Waals surface area contributed by atoms with Gasteiger partial charge in [0.2, 0.25) is 5.95 Å². The molecule has 0 amide bonds. The van der Waals surface area contributed by atoms with E-state index in [0.29, 0.717) is 18.0 Å². The highest BCUT2D eigenvalue weighted by atomic mass is 19.1. The third kappa shape index (κ3) is 3.76. The van der Waals surface area contributed by atoms with Crippen molar-refractivity contribution in [1.82, 2.24) is 19.5 Å². The van der Waals surface area contributed by atoms with Crippen LogP contribution in [0.4, 0.5) is 10.3 Å². The van der Waals surface area contributed by atoms with Gasteiger partial charge in [-0.25, -0.2) is 19.3 Å². The Balaban J connectivity index is 1.57. The summed E-state index contributed by atoms with van der Waals surface area (Å²) in [6.07, 6.45) is 13.5. The topological polar surface area (TPSA) is 55.6 Å². The Kier molecular flexibility index (Phi) is 5.00. The normalized spacial score (nSPS) is 17.8. The minimum absolute atomic E-state index is 0.240. The highest BCUT2D eigenvalue weighted by Gasteiger charge is 2.24. The summed E-state index contributed by atoms with van der Waals surface area (Å²) in [6.45, 7) is 0. The number of imidazole rings is 1. The van der Waals surface area contributed by atoms with E-state index in [1.54, 1.807) is 12.1 Å². The van der Waals surface area contributed by atoms with Gasteiger partial charge < -0.3 is 9.88 Å². The zero-order valence-corrected chi connectivity index (χ0v) is 16.5. The van der Waals surface area contributed by atoms with Crippen LogP contribution in [0.1, 0.15) is 57.4 Å². The molecule has 0 saturated heterocycles. The van der Waals surface area contributed by atoms with Gasteiger partial charge in [0.15, 0.2) is 0 Å². The van der Waals surface area contributed by atoms with Crippen molar-refractivity contribution >= 4 is 5.95 Å². The van der Waals surface area contributed by atoms with E-state index in [-0.39, 0.29) is 5.82 Å². The molecule has 0 atom stereocenters. The van der Waals surface area contributed by atoms with Gasteiger partial charge in [-0.1, -0.05) is 19.3 Å². The summed E-state index contributed by atoms with van der Waals surface area (Å²) in [7, 11) is 0. The fourth-order valence-electron chi connectivity index (χ4n) is 4.37. The molecule has 1 aromatic carbocycles. The van der Waals surface area contributed by atoms with Crippen molar-refractivity contribution in [3.05, 3.63) is 48.7 Å². The van der Waals surface area contributed by atoms with E-state index in [1.165, 1.54) is 50.7 Å². The number of anilines is 1. The molecule has 2 fully saturated rings. The minimum atomic E-state index is -0.240. The molecule has 2 aliphatic carbocycles. The highest BCUT2D eigenvalue weighted by molar-refractivity contribution is 5.77. The van der Waals surface area contributed by atoms with E-state index >= 15 is 0 Å². The predicted octanol–water partition coefficient (Wildman–Crippen LogP) is 5.62. The molecule has 1 N–H and O–H groups in total. The summed E-state index contributed by atoms with van der Waals surface area (Å²) in [5, 5.41) is 3.44. The van der Waals surface area contributed by atoms with Gasteiger partial charge in [0.25, 0.3) is 0 Å². The number of halogens is 1. The molecule has 150 valence electrons. The molecule has 29 heavy (non-hydrogen) atoms. The van der Waals surface area contributed by atoms with Crippen molar-refractivity contribution < 1.29 is 4.39 Å². The van der Waals surface area contributed by atoms with Crippen LogP contribution in [0.15, 0.2) is 42.9 Å². The number of benzene rings is 1. The largest absolute Gasteiger partial charge is 0.351 e. The maximum absolute atomic E-state index is 13.5. The average Bonchev–Trinajstić information content (AvgIpc) is 3.17. The molecule has 3 aromatic rings. The fraction of sp³-hybridized carbons (Fsp3) is 0.435. The van der Waals surface area contributed by atoms with Crippen LogP contribution in [0.3, 0.4) is 0 Å². The van der Waals surface area contributed by atoms with Gasteiger partial charge in [-0.05, 0) is 62.4 Å². The lowest BCUT2D eigenvalue weighted by Crippen LogP contribution is -2.28.